The van der Waals surface area contributed by atoms with Gasteiger partial charge in [0.15, 0.2) is 0 Å². The van der Waals surface area contributed by atoms with Gasteiger partial charge in [0.05, 0.1) is 12.1 Å². The number of nitrogens with zero attached hydrogens (tertiary/aromatic N) is 1. The van der Waals surface area contributed by atoms with E-state index in [1.807, 2.05) is 6.92 Å². The van der Waals surface area contributed by atoms with Gasteiger partial charge < -0.3 is 9.84 Å². The molecule has 0 unspecified atom stereocenters. The molecule has 0 spiro atoms. The Morgan fingerprint density at radius 2 is 2.06 bits per heavy atom. The third-order valence-electron chi connectivity index (χ3n) is 2.39. The highest BCUT2D eigenvalue weighted by Crippen LogP contribution is 2.21. The number of anilines is 1. The second-order valence-corrected chi connectivity index (χ2v) is 3.66. The number of ether oxygens (including phenoxy) is 1. The molecule has 0 radical (unpaired) electrons. The molecule has 2 rings (SSSR count). The van der Waals surface area contributed by atoms with Crippen LogP contribution in [0.3, 0.4) is 0 Å². The zero-order chi connectivity index (χ0) is 11.7. The molecule has 0 aromatic heterocycles. The van der Waals surface area contributed by atoms with E-state index in [-0.39, 0.29) is 11.7 Å². The van der Waals surface area contributed by atoms with Crippen LogP contribution in [0, 0.1) is 0 Å². The summed E-state index contributed by atoms with van der Waals surface area (Å²) in [6.07, 6.45) is -0.526. The molecular formula is C11H11NO4. The lowest BCUT2D eigenvalue weighted by Gasteiger charge is -2.12. The van der Waals surface area contributed by atoms with Crippen molar-refractivity contribution in [2.45, 2.75) is 13.0 Å². The van der Waals surface area contributed by atoms with Gasteiger partial charge in [-0.05, 0) is 31.2 Å². The van der Waals surface area contributed by atoms with Crippen LogP contribution in [0.15, 0.2) is 24.3 Å². The van der Waals surface area contributed by atoms with Gasteiger partial charge in [-0.3, -0.25) is 4.90 Å². The Balaban J connectivity index is 2.22. The molecule has 1 aromatic carbocycles. The van der Waals surface area contributed by atoms with Gasteiger partial charge in [0, 0.05) is 5.69 Å². The predicted octanol–water partition coefficient (Wildman–Crippen LogP) is 1.73. The second-order valence-electron chi connectivity index (χ2n) is 3.66. The topological polar surface area (TPSA) is 66.8 Å². The van der Waals surface area contributed by atoms with Crippen molar-refractivity contribution in [3.63, 3.8) is 0 Å². The van der Waals surface area contributed by atoms with E-state index in [4.69, 9.17) is 9.84 Å². The summed E-state index contributed by atoms with van der Waals surface area (Å²) in [5, 5.41) is 8.73. The number of benzene rings is 1. The van der Waals surface area contributed by atoms with Crippen LogP contribution in [-0.2, 0) is 4.74 Å². The highest BCUT2D eigenvalue weighted by atomic mass is 16.6. The Morgan fingerprint density at radius 3 is 2.50 bits per heavy atom. The van der Waals surface area contributed by atoms with Crippen molar-refractivity contribution in [1.82, 2.24) is 0 Å². The molecular weight excluding hydrogens is 210 g/mol. The van der Waals surface area contributed by atoms with Gasteiger partial charge >= 0.3 is 12.1 Å². The number of hydrogen-bond donors (Lipinski definition) is 1. The molecule has 1 heterocycles. The van der Waals surface area contributed by atoms with Gasteiger partial charge in [0.1, 0.15) is 6.10 Å². The number of carbonyl (C=O) groups is 2. The molecule has 1 aliphatic heterocycles. The highest BCUT2D eigenvalue weighted by Gasteiger charge is 2.29. The van der Waals surface area contributed by atoms with Crippen LogP contribution in [0.5, 0.6) is 0 Å². The monoisotopic (exact) mass is 221 g/mol. The molecule has 1 fully saturated rings. The summed E-state index contributed by atoms with van der Waals surface area (Å²) >= 11 is 0. The fourth-order valence-corrected chi connectivity index (χ4v) is 1.60. The highest BCUT2D eigenvalue weighted by molar-refractivity contribution is 5.92. The SMILES string of the molecule is C[C@@H]1CN(c2ccc(C(=O)O)cc2)C(=O)O1. The fourth-order valence-electron chi connectivity index (χ4n) is 1.60. The number of aromatic carboxylic acids is 1. The Hall–Kier alpha value is -2.04. The van der Waals surface area contributed by atoms with Gasteiger partial charge in [-0.1, -0.05) is 0 Å². The average Bonchev–Trinajstić information content (AvgIpc) is 2.58. The van der Waals surface area contributed by atoms with Gasteiger partial charge in [0.2, 0.25) is 0 Å². The Labute approximate surface area is 92.2 Å². The van der Waals surface area contributed by atoms with Crippen LogP contribution in [0.1, 0.15) is 17.3 Å². The summed E-state index contributed by atoms with van der Waals surface area (Å²) in [5.41, 5.74) is 0.851. The second kappa shape index (κ2) is 3.84. The van der Waals surface area contributed by atoms with E-state index in [1.165, 1.54) is 17.0 Å². The minimum absolute atomic E-state index is 0.133. The number of carboxylic acid groups (broad SMARTS) is 1. The van der Waals surface area contributed by atoms with Crippen molar-refractivity contribution in [2.75, 3.05) is 11.4 Å². The lowest BCUT2D eigenvalue weighted by molar-refractivity contribution is 0.0697. The van der Waals surface area contributed by atoms with Gasteiger partial charge in [-0.2, -0.15) is 0 Å². The first-order valence-electron chi connectivity index (χ1n) is 4.89. The maximum absolute atomic E-state index is 11.4. The van der Waals surface area contributed by atoms with Crippen molar-refractivity contribution < 1.29 is 19.4 Å². The molecule has 0 bridgehead atoms. The molecule has 5 heteroatoms. The quantitative estimate of drug-likeness (QED) is 0.825. The number of cyclic esters (lactones) is 1. The Morgan fingerprint density at radius 1 is 1.44 bits per heavy atom. The zero-order valence-corrected chi connectivity index (χ0v) is 8.71. The van der Waals surface area contributed by atoms with E-state index in [2.05, 4.69) is 0 Å². The summed E-state index contributed by atoms with van der Waals surface area (Å²) in [4.78, 5) is 23.5. The number of hydrogen-bond acceptors (Lipinski definition) is 3. The fraction of sp³-hybridized carbons (Fsp3) is 0.273. The minimum Gasteiger partial charge on any atom is -0.478 e. The zero-order valence-electron chi connectivity index (χ0n) is 8.71. The maximum Gasteiger partial charge on any atom is 0.414 e. The molecule has 84 valence electrons. The first-order chi connectivity index (χ1) is 7.58. The van der Waals surface area contributed by atoms with E-state index in [9.17, 15) is 9.59 Å². The number of amides is 1. The summed E-state index contributed by atoms with van der Waals surface area (Å²) in [7, 11) is 0. The molecule has 1 N–H and O–H groups in total. The lowest BCUT2D eigenvalue weighted by Crippen LogP contribution is -2.23. The average molecular weight is 221 g/mol. The van der Waals surface area contributed by atoms with Crippen LogP contribution < -0.4 is 4.90 Å². The first-order valence-corrected chi connectivity index (χ1v) is 4.89. The molecule has 1 saturated heterocycles. The molecule has 0 saturated carbocycles. The molecule has 0 aliphatic carbocycles. The van der Waals surface area contributed by atoms with E-state index < -0.39 is 12.1 Å². The van der Waals surface area contributed by atoms with Crippen LogP contribution in [0.4, 0.5) is 10.5 Å². The van der Waals surface area contributed by atoms with E-state index in [1.54, 1.807) is 12.1 Å². The smallest absolute Gasteiger partial charge is 0.414 e. The van der Waals surface area contributed by atoms with E-state index >= 15 is 0 Å². The van der Waals surface area contributed by atoms with Crippen molar-refractivity contribution >= 4 is 17.7 Å². The molecule has 1 amide bonds. The van der Waals surface area contributed by atoms with Gasteiger partial charge in [-0.15, -0.1) is 0 Å². The van der Waals surface area contributed by atoms with Crippen molar-refractivity contribution in [3.8, 4) is 0 Å². The largest absolute Gasteiger partial charge is 0.478 e. The van der Waals surface area contributed by atoms with Crippen LogP contribution in [0.2, 0.25) is 0 Å². The third kappa shape index (κ3) is 1.84. The Kier molecular flexibility index (Phi) is 2.52. The Bertz CT molecular complexity index is 426. The molecule has 1 atom stereocenters. The summed E-state index contributed by atoms with van der Waals surface area (Å²) < 4.78 is 4.98. The van der Waals surface area contributed by atoms with E-state index in [0.29, 0.717) is 12.2 Å². The standard InChI is InChI=1S/C11H11NO4/c1-7-6-12(11(15)16-7)9-4-2-8(3-5-9)10(13)14/h2-5,7H,6H2,1H3,(H,13,14)/t7-/m1/s1. The lowest BCUT2D eigenvalue weighted by atomic mass is 10.2. The summed E-state index contributed by atoms with van der Waals surface area (Å²) in [5.74, 6) is -0.982. The van der Waals surface area contributed by atoms with Crippen molar-refractivity contribution in [1.29, 1.82) is 0 Å². The minimum atomic E-state index is -0.982. The molecule has 1 aliphatic rings. The van der Waals surface area contributed by atoms with Gasteiger partial charge in [-0.25, -0.2) is 9.59 Å². The van der Waals surface area contributed by atoms with Crippen LogP contribution in [-0.4, -0.2) is 29.8 Å². The maximum atomic E-state index is 11.4. The number of carbonyl (C=O) groups excluding carboxylic acids is 1. The first kappa shape index (κ1) is 10.5. The molecule has 5 nitrogen and oxygen atoms in total. The number of carboxylic acids is 1. The third-order valence-corrected chi connectivity index (χ3v) is 2.39. The summed E-state index contributed by atoms with van der Waals surface area (Å²) in [6.45, 7) is 2.30. The predicted molar refractivity (Wildman–Crippen MR) is 56.7 cm³/mol. The molecule has 1 aromatic rings. The summed E-state index contributed by atoms with van der Waals surface area (Å²) in [6, 6.07) is 6.13. The van der Waals surface area contributed by atoms with Crippen LogP contribution in [0.25, 0.3) is 0 Å². The number of rotatable bonds is 2. The van der Waals surface area contributed by atoms with Crippen molar-refractivity contribution in [2.24, 2.45) is 0 Å². The van der Waals surface area contributed by atoms with Crippen LogP contribution >= 0.6 is 0 Å². The molecule has 16 heavy (non-hydrogen) atoms. The van der Waals surface area contributed by atoms with E-state index in [0.717, 1.165) is 0 Å². The van der Waals surface area contributed by atoms with Crippen molar-refractivity contribution in [3.05, 3.63) is 29.8 Å². The normalized spacial score (nSPS) is 19.7. The van der Waals surface area contributed by atoms with Gasteiger partial charge in [0.25, 0.3) is 0 Å².